The molecule has 0 amide bonds. The van der Waals surface area contributed by atoms with Gasteiger partial charge in [0.25, 0.3) is 0 Å². The summed E-state index contributed by atoms with van der Waals surface area (Å²) in [5.41, 5.74) is 13.3. The second kappa shape index (κ2) is 3.21. The summed E-state index contributed by atoms with van der Waals surface area (Å²) in [7, 11) is 0. The SMILES string of the molecule is Cc1cc2nc3c(c(N)c2cc1C)CCC3. The van der Waals surface area contributed by atoms with E-state index in [1.807, 2.05) is 0 Å². The Hall–Kier alpha value is -1.57. The maximum absolute atomic E-state index is 6.25. The number of rotatable bonds is 0. The molecule has 0 unspecified atom stereocenters. The molecule has 0 fully saturated rings. The highest BCUT2D eigenvalue weighted by molar-refractivity contribution is 5.93. The number of pyridine rings is 1. The summed E-state index contributed by atoms with van der Waals surface area (Å²) in [6.07, 6.45) is 3.38. The Morgan fingerprint density at radius 2 is 1.88 bits per heavy atom. The maximum Gasteiger partial charge on any atom is 0.0729 e. The molecule has 16 heavy (non-hydrogen) atoms. The first-order valence-corrected chi connectivity index (χ1v) is 5.85. The molecule has 2 nitrogen and oxygen atoms in total. The third-order valence-electron chi connectivity index (χ3n) is 3.67. The van der Waals surface area contributed by atoms with Crippen LogP contribution in [0.1, 0.15) is 28.8 Å². The van der Waals surface area contributed by atoms with Gasteiger partial charge in [-0.1, -0.05) is 0 Å². The lowest BCUT2D eigenvalue weighted by atomic mass is 10.0. The molecule has 82 valence electrons. The van der Waals surface area contributed by atoms with Crippen LogP contribution in [-0.4, -0.2) is 4.98 Å². The summed E-state index contributed by atoms with van der Waals surface area (Å²) in [4.78, 5) is 4.74. The minimum absolute atomic E-state index is 0.959. The van der Waals surface area contributed by atoms with Gasteiger partial charge in [-0.05, 0) is 61.9 Å². The van der Waals surface area contributed by atoms with Crippen LogP contribution in [0.4, 0.5) is 5.69 Å². The lowest BCUT2D eigenvalue weighted by Gasteiger charge is -2.10. The molecule has 0 radical (unpaired) electrons. The van der Waals surface area contributed by atoms with Gasteiger partial charge in [0, 0.05) is 16.8 Å². The van der Waals surface area contributed by atoms with E-state index >= 15 is 0 Å². The highest BCUT2D eigenvalue weighted by Crippen LogP contribution is 2.32. The maximum atomic E-state index is 6.25. The lowest BCUT2D eigenvalue weighted by Crippen LogP contribution is -1.99. The predicted octanol–water partition coefficient (Wildman–Crippen LogP) is 2.92. The van der Waals surface area contributed by atoms with E-state index in [9.17, 15) is 0 Å². The Morgan fingerprint density at radius 1 is 1.12 bits per heavy atom. The molecule has 0 saturated heterocycles. The average Bonchev–Trinajstić information content (AvgIpc) is 2.70. The molecule has 1 aliphatic carbocycles. The highest BCUT2D eigenvalue weighted by Gasteiger charge is 2.17. The normalized spacial score (nSPS) is 14.4. The molecule has 3 rings (SSSR count). The predicted molar refractivity (Wildman–Crippen MR) is 67.7 cm³/mol. The van der Waals surface area contributed by atoms with Gasteiger partial charge in [-0.2, -0.15) is 0 Å². The molecular formula is C14H16N2. The Kier molecular flexibility index (Phi) is 1.93. The monoisotopic (exact) mass is 212 g/mol. The number of nitrogens with zero attached hydrogens (tertiary/aromatic N) is 1. The molecule has 1 aromatic carbocycles. The van der Waals surface area contributed by atoms with E-state index in [1.165, 1.54) is 28.8 Å². The second-order valence-electron chi connectivity index (χ2n) is 4.76. The summed E-state index contributed by atoms with van der Waals surface area (Å²) in [5, 5.41) is 1.13. The van der Waals surface area contributed by atoms with E-state index < -0.39 is 0 Å². The number of hydrogen-bond acceptors (Lipinski definition) is 2. The largest absolute Gasteiger partial charge is 0.398 e. The lowest BCUT2D eigenvalue weighted by molar-refractivity contribution is 0.901. The van der Waals surface area contributed by atoms with Crippen molar-refractivity contribution in [3.63, 3.8) is 0 Å². The van der Waals surface area contributed by atoms with Crippen molar-refractivity contribution in [2.75, 3.05) is 5.73 Å². The summed E-state index contributed by atoms with van der Waals surface area (Å²) in [6, 6.07) is 4.32. The van der Waals surface area contributed by atoms with E-state index in [-0.39, 0.29) is 0 Å². The molecule has 0 aliphatic heterocycles. The minimum atomic E-state index is 0.959. The smallest absolute Gasteiger partial charge is 0.0729 e. The highest BCUT2D eigenvalue weighted by atomic mass is 14.7. The van der Waals surface area contributed by atoms with Crippen molar-refractivity contribution in [3.05, 3.63) is 34.5 Å². The molecule has 0 atom stereocenters. The first-order valence-electron chi connectivity index (χ1n) is 5.85. The fourth-order valence-corrected chi connectivity index (χ4v) is 2.56. The van der Waals surface area contributed by atoms with Gasteiger partial charge in [-0.15, -0.1) is 0 Å². The molecule has 1 aromatic heterocycles. The topological polar surface area (TPSA) is 38.9 Å². The number of nitrogen functional groups attached to an aromatic ring is 1. The van der Waals surface area contributed by atoms with E-state index in [2.05, 4.69) is 26.0 Å². The molecule has 2 aromatic rings. The van der Waals surface area contributed by atoms with Crippen LogP contribution in [0.15, 0.2) is 12.1 Å². The standard InChI is InChI=1S/C14H16N2/c1-8-6-11-13(7-9(8)2)16-12-5-3-4-10(12)14(11)15/h6-7H,3-5H2,1-2H3,(H2,15,16). The van der Waals surface area contributed by atoms with Crippen LogP contribution in [-0.2, 0) is 12.8 Å². The molecule has 0 bridgehead atoms. The average molecular weight is 212 g/mol. The zero-order chi connectivity index (χ0) is 11.3. The molecule has 0 spiro atoms. The Morgan fingerprint density at radius 3 is 2.69 bits per heavy atom. The number of aromatic nitrogens is 1. The van der Waals surface area contributed by atoms with Crippen molar-refractivity contribution in [2.45, 2.75) is 33.1 Å². The van der Waals surface area contributed by atoms with Gasteiger partial charge < -0.3 is 5.73 Å². The van der Waals surface area contributed by atoms with Crippen molar-refractivity contribution in [3.8, 4) is 0 Å². The number of nitrogens with two attached hydrogens (primary N) is 1. The first-order chi connectivity index (χ1) is 7.66. The van der Waals surface area contributed by atoms with Crippen LogP contribution in [0.3, 0.4) is 0 Å². The van der Waals surface area contributed by atoms with Crippen LogP contribution < -0.4 is 5.73 Å². The van der Waals surface area contributed by atoms with Crippen LogP contribution in [0, 0.1) is 13.8 Å². The Balaban J connectivity index is 2.41. The van der Waals surface area contributed by atoms with Crippen LogP contribution in [0.2, 0.25) is 0 Å². The van der Waals surface area contributed by atoms with Gasteiger partial charge in [0.05, 0.1) is 5.52 Å². The summed E-state index contributed by atoms with van der Waals surface area (Å²) >= 11 is 0. The summed E-state index contributed by atoms with van der Waals surface area (Å²) in [6.45, 7) is 4.25. The zero-order valence-corrected chi connectivity index (χ0v) is 9.80. The summed E-state index contributed by atoms with van der Waals surface area (Å²) in [5.74, 6) is 0. The minimum Gasteiger partial charge on any atom is -0.398 e. The van der Waals surface area contributed by atoms with Crippen molar-refractivity contribution >= 4 is 16.6 Å². The van der Waals surface area contributed by atoms with Gasteiger partial charge in [0.1, 0.15) is 0 Å². The quantitative estimate of drug-likeness (QED) is 0.729. The third kappa shape index (κ3) is 1.22. The second-order valence-corrected chi connectivity index (χ2v) is 4.76. The molecule has 1 heterocycles. The van der Waals surface area contributed by atoms with Crippen molar-refractivity contribution in [1.82, 2.24) is 4.98 Å². The van der Waals surface area contributed by atoms with Crippen LogP contribution >= 0.6 is 0 Å². The van der Waals surface area contributed by atoms with Gasteiger partial charge >= 0.3 is 0 Å². The Bertz CT molecular complexity index is 585. The number of fused-ring (bicyclic) bond motifs is 2. The molecule has 2 heteroatoms. The number of aryl methyl sites for hydroxylation is 3. The summed E-state index contributed by atoms with van der Waals surface area (Å²) < 4.78 is 0. The van der Waals surface area contributed by atoms with Crippen LogP contribution in [0.5, 0.6) is 0 Å². The van der Waals surface area contributed by atoms with E-state index in [1.54, 1.807) is 0 Å². The zero-order valence-electron chi connectivity index (χ0n) is 9.80. The van der Waals surface area contributed by atoms with Gasteiger partial charge in [0.2, 0.25) is 0 Å². The van der Waals surface area contributed by atoms with Crippen molar-refractivity contribution < 1.29 is 0 Å². The molecular weight excluding hydrogens is 196 g/mol. The fraction of sp³-hybridized carbons (Fsp3) is 0.357. The number of benzene rings is 1. The molecule has 2 N–H and O–H groups in total. The molecule has 0 saturated carbocycles. The number of anilines is 1. The number of hydrogen-bond donors (Lipinski definition) is 1. The van der Waals surface area contributed by atoms with Gasteiger partial charge in [-0.25, -0.2) is 0 Å². The third-order valence-corrected chi connectivity index (χ3v) is 3.67. The van der Waals surface area contributed by atoms with E-state index in [4.69, 9.17) is 10.7 Å². The van der Waals surface area contributed by atoms with Gasteiger partial charge in [-0.3, -0.25) is 4.98 Å². The Labute approximate surface area is 95.5 Å². The van der Waals surface area contributed by atoms with Gasteiger partial charge in [0.15, 0.2) is 0 Å². The van der Waals surface area contributed by atoms with E-state index in [0.29, 0.717) is 0 Å². The first kappa shape index (κ1) is 9.64. The van der Waals surface area contributed by atoms with Crippen molar-refractivity contribution in [2.24, 2.45) is 0 Å². The van der Waals surface area contributed by atoms with Crippen molar-refractivity contribution in [1.29, 1.82) is 0 Å². The molecule has 1 aliphatic rings. The van der Waals surface area contributed by atoms with Crippen LogP contribution in [0.25, 0.3) is 10.9 Å². The van der Waals surface area contributed by atoms with E-state index in [0.717, 1.165) is 29.4 Å². The fourth-order valence-electron chi connectivity index (χ4n) is 2.56.